The number of fused-ring (bicyclic) bond motifs is 1. The van der Waals surface area contributed by atoms with Crippen LogP contribution in [0.15, 0.2) is 30.7 Å². The van der Waals surface area contributed by atoms with Crippen LogP contribution in [0.2, 0.25) is 0 Å². The second kappa shape index (κ2) is 9.40. The number of amides is 1. The van der Waals surface area contributed by atoms with E-state index in [1.165, 1.54) is 17.7 Å². The lowest BCUT2D eigenvalue weighted by Gasteiger charge is -2.36. The molecule has 2 aliphatic rings. The number of ether oxygens (including phenoxy) is 1. The van der Waals surface area contributed by atoms with Crippen LogP contribution in [0.3, 0.4) is 0 Å². The Kier molecular flexibility index (Phi) is 6.60. The molecule has 0 bridgehead atoms. The van der Waals surface area contributed by atoms with Gasteiger partial charge in [-0.05, 0) is 58.7 Å². The molecule has 2 aromatic rings. The van der Waals surface area contributed by atoms with Crippen LogP contribution in [-0.2, 0) is 17.7 Å². The number of rotatable bonds is 4. The Morgan fingerprint density at radius 1 is 1.19 bits per heavy atom. The summed E-state index contributed by atoms with van der Waals surface area (Å²) < 4.78 is 5.50. The van der Waals surface area contributed by atoms with Crippen LogP contribution in [0.4, 0.5) is 10.6 Å². The summed E-state index contributed by atoms with van der Waals surface area (Å²) in [5, 5.41) is 0. The van der Waals surface area contributed by atoms with E-state index in [2.05, 4.69) is 43.9 Å². The summed E-state index contributed by atoms with van der Waals surface area (Å²) in [7, 11) is 2.15. The molecule has 1 amide bonds. The van der Waals surface area contributed by atoms with Crippen molar-refractivity contribution in [2.24, 2.45) is 0 Å². The van der Waals surface area contributed by atoms with Gasteiger partial charge in [0.05, 0.1) is 17.4 Å². The fourth-order valence-electron chi connectivity index (χ4n) is 4.47. The summed E-state index contributed by atoms with van der Waals surface area (Å²) in [5.74, 6) is 0.911. The van der Waals surface area contributed by atoms with Gasteiger partial charge in [0.25, 0.3) is 0 Å². The van der Waals surface area contributed by atoms with E-state index in [9.17, 15) is 4.79 Å². The third kappa shape index (κ3) is 5.35. The van der Waals surface area contributed by atoms with Crippen LogP contribution >= 0.6 is 0 Å². The number of anilines is 1. The van der Waals surface area contributed by atoms with Crippen molar-refractivity contribution in [1.82, 2.24) is 24.8 Å². The first-order valence-corrected chi connectivity index (χ1v) is 11.5. The van der Waals surface area contributed by atoms with E-state index in [1.807, 2.05) is 33.0 Å². The van der Waals surface area contributed by atoms with Crippen LogP contribution in [0.1, 0.15) is 56.6 Å². The van der Waals surface area contributed by atoms with Crippen LogP contribution in [0, 0.1) is 0 Å². The SMILES string of the molecule is CN(Cc1cc(N2CCN(C(=O)OC(C)(C)C)CC2)ncn1)[C@H]1CCCc2cccnc21. The zero-order valence-electron chi connectivity index (χ0n) is 19.6. The monoisotopic (exact) mass is 438 g/mol. The van der Waals surface area contributed by atoms with E-state index in [0.29, 0.717) is 19.1 Å². The van der Waals surface area contributed by atoms with Crippen molar-refractivity contribution in [1.29, 1.82) is 0 Å². The van der Waals surface area contributed by atoms with E-state index in [0.717, 1.165) is 44.0 Å². The van der Waals surface area contributed by atoms with E-state index in [4.69, 9.17) is 4.74 Å². The molecule has 1 aliphatic heterocycles. The van der Waals surface area contributed by atoms with Gasteiger partial charge in [0.1, 0.15) is 17.7 Å². The Morgan fingerprint density at radius 2 is 1.97 bits per heavy atom. The quantitative estimate of drug-likeness (QED) is 0.724. The fraction of sp³-hybridized carbons (Fsp3) is 0.583. The van der Waals surface area contributed by atoms with Gasteiger partial charge in [0, 0.05) is 45.0 Å². The van der Waals surface area contributed by atoms with Crippen LogP contribution < -0.4 is 4.90 Å². The van der Waals surface area contributed by atoms with Gasteiger partial charge in [-0.1, -0.05) is 6.07 Å². The van der Waals surface area contributed by atoms with Crippen molar-refractivity contribution in [3.8, 4) is 0 Å². The van der Waals surface area contributed by atoms with Crippen molar-refractivity contribution in [3.05, 3.63) is 47.7 Å². The average molecular weight is 439 g/mol. The number of nitrogens with zero attached hydrogens (tertiary/aromatic N) is 6. The predicted octanol–water partition coefficient (Wildman–Crippen LogP) is 3.44. The normalized spacial score (nSPS) is 19.1. The lowest BCUT2D eigenvalue weighted by atomic mass is 9.91. The fourth-order valence-corrected chi connectivity index (χ4v) is 4.47. The number of hydrogen-bond donors (Lipinski definition) is 0. The molecule has 0 aromatic carbocycles. The van der Waals surface area contributed by atoms with Crippen molar-refractivity contribution < 1.29 is 9.53 Å². The Labute approximate surface area is 190 Å². The van der Waals surface area contributed by atoms with Gasteiger partial charge in [-0.3, -0.25) is 9.88 Å². The van der Waals surface area contributed by atoms with Crippen molar-refractivity contribution in [3.63, 3.8) is 0 Å². The molecule has 0 N–H and O–H groups in total. The Bertz CT molecular complexity index is 936. The summed E-state index contributed by atoms with van der Waals surface area (Å²) in [6, 6.07) is 6.61. The highest BCUT2D eigenvalue weighted by molar-refractivity contribution is 5.68. The van der Waals surface area contributed by atoms with E-state index in [-0.39, 0.29) is 6.09 Å². The summed E-state index contributed by atoms with van der Waals surface area (Å²) >= 11 is 0. The number of pyridine rings is 1. The molecular formula is C24H34N6O2. The minimum Gasteiger partial charge on any atom is -0.444 e. The molecule has 0 radical (unpaired) electrons. The lowest BCUT2D eigenvalue weighted by Crippen LogP contribution is -2.50. The molecule has 172 valence electrons. The van der Waals surface area contributed by atoms with Gasteiger partial charge in [-0.2, -0.15) is 0 Å². The van der Waals surface area contributed by atoms with Crippen molar-refractivity contribution >= 4 is 11.9 Å². The van der Waals surface area contributed by atoms with Gasteiger partial charge >= 0.3 is 6.09 Å². The second-order valence-electron chi connectivity index (χ2n) is 9.69. The molecule has 8 heteroatoms. The van der Waals surface area contributed by atoms with Gasteiger partial charge in [0.2, 0.25) is 0 Å². The van der Waals surface area contributed by atoms with Crippen molar-refractivity contribution in [2.75, 3.05) is 38.1 Å². The van der Waals surface area contributed by atoms with Crippen LogP contribution in [0.25, 0.3) is 0 Å². The number of carbonyl (C=O) groups excluding carboxylic acids is 1. The second-order valence-corrected chi connectivity index (χ2v) is 9.69. The van der Waals surface area contributed by atoms with Crippen molar-refractivity contribution in [2.45, 2.75) is 58.2 Å². The molecule has 0 spiro atoms. The Morgan fingerprint density at radius 3 is 2.72 bits per heavy atom. The van der Waals surface area contributed by atoms with Crippen LogP contribution in [-0.4, -0.2) is 69.7 Å². The molecule has 1 aliphatic carbocycles. The molecule has 1 atom stereocenters. The number of hydrogen-bond acceptors (Lipinski definition) is 7. The first-order chi connectivity index (χ1) is 15.3. The van der Waals surface area contributed by atoms with Gasteiger partial charge in [-0.15, -0.1) is 0 Å². The summed E-state index contributed by atoms with van der Waals surface area (Å²) in [5.41, 5.74) is 3.08. The number of aromatic nitrogens is 3. The summed E-state index contributed by atoms with van der Waals surface area (Å²) in [6.45, 7) is 9.12. The first kappa shape index (κ1) is 22.5. The molecule has 32 heavy (non-hydrogen) atoms. The average Bonchev–Trinajstić information content (AvgIpc) is 2.78. The van der Waals surface area contributed by atoms with Gasteiger partial charge in [0.15, 0.2) is 0 Å². The maximum absolute atomic E-state index is 12.3. The molecule has 0 unspecified atom stereocenters. The van der Waals surface area contributed by atoms with Crippen LogP contribution in [0.5, 0.6) is 0 Å². The third-order valence-corrected chi connectivity index (χ3v) is 6.07. The topological polar surface area (TPSA) is 74.7 Å². The number of piperazine rings is 1. The van der Waals surface area contributed by atoms with E-state index < -0.39 is 5.60 Å². The molecule has 3 heterocycles. The first-order valence-electron chi connectivity index (χ1n) is 11.5. The highest BCUT2D eigenvalue weighted by Gasteiger charge is 2.27. The predicted molar refractivity (Wildman–Crippen MR) is 123 cm³/mol. The number of carbonyl (C=O) groups is 1. The van der Waals surface area contributed by atoms with Gasteiger partial charge < -0.3 is 14.5 Å². The zero-order chi connectivity index (χ0) is 22.7. The van der Waals surface area contributed by atoms with Gasteiger partial charge in [-0.25, -0.2) is 14.8 Å². The Hall–Kier alpha value is -2.74. The lowest BCUT2D eigenvalue weighted by molar-refractivity contribution is 0.0240. The summed E-state index contributed by atoms with van der Waals surface area (Å²) in [6.07, 6.45) is 6.70. The molecule has 1 fully saturated rings. The highest BCUT2D eigenvalue weighted by Crippen LogP contribution is 2.32. The zero-order valence-corrected chi connectivity index (χ0v) is 19.6. The standard InChI is InChI=1S/C24H34N6O2/c1-24(2,3)32-23(31)30-13-11-29(12-14-30)21-15-19(26-17-27-21)16-28(4)20-9-5-7-18-8-6-10-25-22(18)20/h6,8,10,15,17,20H,5,7,9,11-14,16H2,1-4H3/t20-/m0/s1. The molecule has 4 rings (SSSR count). The molecule has 2 aromatic heterocycles. The molecule has 0 saturated carbocycles. The van der Waals surface area contributed by atoms with E-state index >= 15 is 0 Å². The van der Waals surface area contributed by atoms with E-state index in [1.54, 1.807) is 11.2 Å². The number of aryl methyl sites for hydroxylation is 1. The third-order valence-electron chi connectivity index (χ3n) is 6.07. The summed E-state index contributed by atoms with van der Waals surface area (Å²) in [4.78, 5) is 32.3. The highest BCUT2D eigenvalue weighted by atomic mass is 16.6. The molecule has 8 nitrogen and oxygen atoms in total. The largest absolute Gasteiger partial charge is 0.444 e. The Balaban J connectivity index is 1.37. The minimum absolute atomic E-state index is 0.247. The maximum Gasteiger partial charge on any atom is 0.410 e. The maximum atomic E-state index is 12.3. The smallest absolute Gasteiger partial charge is 0.410 e. The molecule has 1 saturated heterocycles. The minimum atomic E-state index is -0.476. The molecular weight excluding hydrogens is 404 g/mol.